The molecule has 7 heteroatoms. The van der Waals surface area contributed by atoms with E-state index in [-0.39, 0.29) is 11.8 Å². The molecule has 1 amide bonds. The first-order valence-corrected chi connectivity index (χ1v) is 9.26. The summed E-state index contributed by atoms with van der Waals surface area (Å²) in [6, 6.07) is 3.94. The topological polar surface area (TPSA) is 74.5 Å². The van der Waals surface area contributed by atoms with Crippen molar-refractivity contribution in [2.24, 2.45) is 5.92 Å². The summed E-state index contributed by atoms with van der Waals surface area (Å²) in [5.74, 6) is 1.85. The molecule has 2 aromatic rings. The van der Waals surface area contributed by atoms with E-state index in [1.54, 1.807) is 0 Å². The number of piperazine rings is 1. The van der Waals surface area contributed by atoms with Crippen LogP contribution < -0.4 is 10.2 Å². The zero-order valence-corrected chi connectivity index (χ0v) is 15.4. The van der Waals surface area contributed by atoms with Crippen molar-refractivity contribution in [1.29, 1.82) is 0 Å². The van der Waals surface area contributed by atoms with Crippen LogP contribution in [0.1, 0.15) is 29.9 Å². The van der Waals surface area contributed by atoms with Crippen molar-refractivity contribution < 1.29 is 9.32 Å². The lowest BCUT2D eigenvalue weighted by atomic mass is 10.1. The predicted molar refractivity (Wildman–Crippen MR) is 99.1 cm³/mol. The van der Waals surface area contributed by atoms with Crippen LogP contribution in [0.3, 0.4) is 0 Å². The Morgan fingerprint density at radius 2 is 2.00 bits per heavy atom. The van der Waals surface area contributed by atoms with Gasteiger partial charge >= 0.3 is 0 Å². The van der Waals surface area contributed by atoms with E-state index < -0.39 is 0 Å². The SMILES string of the molecule is Cc1noc(C)c1CN1CCN(c2ccc(NC(=O)C3CC3)nc2)CC1. The van der Waals surface area contributed by atoms with E-state index in [1.165, 1.54) is 5.56 Å². The first kappa shape index (κ1) is 17.0. The van der Waals surface area contributed by atoms with Crippen LogP contribution in [0.2, 0.25) is 0 Å². The minimum Gasteiger partial charge on any atom is -0.368 e. The zero-order chi connectivity index (χ0) is 18.1. The number of amides is 1. The van der Waals surface area contributed by atoms with Crippen LogP contribution in [0.15, 0.2) is 22.9 Å². The highest BCUT2D eigenvalue weighted by atomic mass is 16.5. The average Bonchev–Trinajstić information content (AvgIpc) is 3.46. The van der Waals surface area contributed by atoms with Gasteiger partial charge in [0, 0.05) is 44.2 Å². The smallest absolute Gasteiger partial charge is 0.228 e. The maximum atomic E-state index is 11.8. The Morgan fingerprint density at radius 3 is 2.58 bits per heavy atom. The molecule has 0 spiro atoms. The van der Waals surface area contributed by atoms with Gasteiger partial charge in [-0.05, 0) is 38.8 Å². The van der Waals surface area contributed by atoms with Crippen molar-refractivity contribution in [3.8, 4) is 0 Å². The van der Waals surface area contributed by atoms with Gasteiger partial charge in [0.05, 0.1) is 17.6 Å². The molecule has 26 heavy (non-hydrogen) atoms. The van der Waals surface area contributed by atoms with Crippen molar-refractivity contribution in [2.75, 3.05) is 36.4 Å². The van der Waals surface area contributed by atoms with E-state index in [0.29, 0.717) is 5.82 Å². The fourth-order valence-electron chi connectivity index (χ4n) is 3.34. The molecule has 0 bridgehead atoms. The quantitative estimate of drug-likeness (QED) is 0.887. The second kappa shape index (κ2) is 7.07. The molecule has 1 saturated carbocycles. The highest BCUT2D eigenvalue weighted by Crippen LogP contribution is 2.30. The number of anilines is 2. The van der Waals surface area contributed by atoms with E-state index >= 15 is 0 Å². The van der Waals surface area contributed by atoms with Crippen LogP contribution in [-0.4, -0.2) is 47.1 Å². The van der Waals surface area contributed by atoms with Gasteiger partial charge in [-0.2, -0.15) is 0 Å². The van der Waals surface area contributed by atoms with Gasteiger partial charge in [-0.3, -0.25) is 9.69 Å². The van der Waals surface area contributed by atoms with Gasteiger partial charge in [-0.1, -0.05) is 5.16 Å². The molecular formula is C19H25N5O2. The van der Waals surface area contributed by atoms with Gasteiger partial charge in [0.2, 0.25) is 5.91 Å². The molecule has 1 aliphatic carbocycles. The molecule has 4 rings (SSSR count). The Bertz CT molecular complexity index is 754. The molecule has 0 aromatic carbocycles. The number of rotatable bonds is 5. The summed E-state index contributed by atoms with van der Waals surface area (Å²) in [7, 11) is 0. The van der Waals surface area contributed by atoms with Gasteiger partial charge in [0.15, 0.2) is 0 Å². The predicted octanol–water partition coefficient (Wildman–Crippen LogP) is 2.36. The molecule has 2 aliphatic rings. The Kier molecular flexibility index (Phi) is 4.63. The lowest BCUT2D eigenvalue weighted by Gasteiger charge is -2.35. The molecule has 0 radical (unpaired) electrons. The summed E-state index contributed by atoms with van der Waals surface area (Å²) in [4.78, 5) is 21.0. The fourth-order valence-corrected chi connectivity index (χ4v) is 3.34. The van der Waals surface area contributed by atoms with Gasteiger partial charge in [-0.15, -0.1) is 0 Å². The Hall–Kier alpha value is -2.41. The Morgan fingerprint density at radius 1 is 1.23 bits per heavy atom. The third-order valence-corrected chi connectivity index (χ3v) is 5.25. The average molecular weight is 355 g/mol. The van der Waals surface area contributed by atoms with Crippen LogP contribution in [0.4, 0.5) is 11.5 Å². The number of hydrogen-bond donors (Lipinski definition) is 1. The standard InChI is InChI=1S/C19H25N5O2/c1-13-17(14(2)26-22-13)12-23-7-9-24(10-8-23)16-5-6-18(20-11-16)21-19(25)15-3-4-15/h5-6,11,15H,3-4,7-10,12H2,1-2H3,(H,20,21,25). The summed E-state index contributed by atoms with van der Waals surface area (Å²) >= 11 is 0. The largest absolute Gasteiger partial charge is 0.368 e. The van der Waals surface area contributed by atoms with Crippen molar-refractivity contribution in [3.05, 3.63) is 35.3 Å². The number of carbonyl (C=O) groups is 1. The fraction of sp³-hybridized carbons (Fsp3) is 0.526. The number of carbonyl (C=O) groups excluding carboxylic acids is 1. The molecule has 1 N–H and O–H groups in total. The zero-order valence-electron chi connectivity index (χ0n) is 15.4. The number of hydrogen-bond acceptors (Lipinski definition) is 6. The molecule has 1 saturated heterocycles. The van der Waals surface area contributed by atoms with E-state index in [0.717, 1.165) is 62.7 Å². The van der Waals surface area contributed by atoms with Crippen molar-refractivity contribution >= 4 is 17.4 Å². The number of nitrogens with one attached hydrogen (secondary N) is 1. The van der Waals surface area contributed by atoms with Crippen molar-refractivity contribution in [3.63, 3.8) is 0 Å². The number of aryl methyl sites for hydroxylation is 2. The van der Waals surface area contributed by atoms with Crippen LogP contribution in [-0.2, 0) is 11.3 Å². The van der Waals surface area contributed by atoms with Crippen LogP contribution in [0.5, 0.6) is 0 Å². The Labute approximate surface area is 153 Å². The summed E-state index contributed by atoms with van der Waals surface area (Å²) in [5.41, 5.74) is 3.29. The lowest BCUT2D eigenvalue weighted by molar-refractivity contribution is -0.117. The second-order valence-corrected chi connectivity index (χ2v) is 7.23. The summed E-state index contributed by atoms with van der Waals surface area (Å²) in [5, 5.41) is 6.92. The summed E-state index contributed by atoms with van der Waals surface area (Å²) < 4.78 is 5.26. The molecule has 2 fully saturated rings. The van der Waals surface area contributed by atoms with Crippen molar-refractivity contribution in [1.82, 2.24) is 15.0 Å². The van der Waals surface area contributed by atoms with Gasteiger partial charge in [-0.25, -0.2) is 4.98 Å². The molecular weight excluding hydrogens is 330 g/mol. The molecule has 3 heterocycles. The van der Waals surface area contributed by atoms with E-state index in [1.807, 2.05) is 32.2 Å². The van der Waals surface area contributed by atoms with Crippen molar-refractivity contribution in [2.45, 2.75) is 33.2 Å². The monoisotopic (exact) mass is 355 g/mol. The number of aromatic nitrogens is 2. The maximum absolute atomic E-state index is 11.8. The summed E-state index contributed by atoms with van der Waals surface area (Å²) in [6.45, 7) is 8.75. The molecule has 2 aromatic heterocycles. The highest BCUT2D eigenvalue weighted by Gasteiger charge is 2.29. The summed E-state index contributed by atoms with van der Waals surface area (Å²) in [6.07, 6.45) is 3.86. The van der Waals surface area contributed by atoms with E-state index in [4.69, 9.17) is 4.52 Å². The normalized spacial score (nSPS) is 18.2. The Balaban J connectivity index is 1.30. The van der Waals surface area contributed by atoms with Gasteiger partial charge in [0.25, 0.3) is 0 Å². The highest BCUT2D eigenvalue weighted by molar-refractivity contribution is 5.93. The lowest BCUT2D eigenvalue weighted by Crippen LogP contribution is -2.46. The molecule has 1 aliphatic heterocycles. The third-order valence-electron chi connectivity index (χ3n) is 5.25. The van der Waals surface area contributed by atoms with Crippen LogP contribution in [0.25, 0.3) is 0 Å². The molecule has 7 nitrogen and oxygen atoms in total. The van der Waals surface area contributed by atoms with E-state index in [2.05, 4.69) is 25.3 Å². The molecule has 138 valence electrons. The van der Waals surface area contributed by atoms with Gasteiger partial charge < -0.3 is 14.7 Å². The first-order valence-electron chi connectivity index (χ1n) is 9.26. The second-order valence-electron chi connectivity index (χ2n) is 7.23. The number of pyridine rings is 1. The number of nitrogens with zero attached hydrogens (tertiary/aromatic N) is 4. The first-order chi connectivity index (χ1) is 12.6. The minimum atomic E-state index is 0.0955. The van der Waals surface area contributed by atoms with Crippen LogP contribution >= 0.6 is 0 Å². The van der Waals surface area contributed by atoms with Gasteiger partial charge in [0.1, 0.15) is 11.6 Å². The molecule has 0 unspecified atom stereocenters. The third kappa shape index (κ3) is 3.72. The van der Waals surface area contributed by atoms with E-state index in [9.17, 15) is 4.79 Å². The van der Waals surface area contributed by atoms with Crippen LogP contribution in [0, 0.1) is 19.8 Å². The minimum absolute atomic E-state index is 0.0955. The maximum Gasteiger partial charge on any atom is 0.228 e. The molecule has 0 atom stereocenters.